The van der Waals surface area contributed by atoms with Crippen LogP contribution in [0.15, 0.2) is 18.2 Å². The molecule has 0 unspecified atom stereocenters. The van der Waals surface area contributed by atoms with E-state index in [0.717, 1.165) is 25.9 Å². The lowest BCUT2D eigenvalue weighted by Gasteiger charge is -2.15. The molecule has 0 saturated carbocycles. The number of amides is 3. The zero-order chi connectivity index (χ0) is 16.8. The van der Waals surface area contributed by atoms with E-state index in [9.17, 15) is 14.4 Å². The van der Waals surface area contributed by atoms with E-state index in [1.54, 1.807) is 4.90 Å². The van der Waals surface area contributed by atoms with E-state index in [-0.39, 0.29) is 30.4 Å². The number of nitrogens with two attached hydrogens (primary N) is 1. The molecule has 0 spiro atoms. The maximum atomic E-state index is 11.8. The molecule has 1 heterocycles. The van der Waals surface area contributed by atoms with Crippen LogP contribution < -0.4 is 15.8 Å². The van der Waals surface area contributed by atoms with Gasteiger partial charge in [-0.25, -0.2) is 0 Å². The Morgan fingerprint density at radius 2 is 1.96 bits per heavy atom. The van der Waals surface area contributed by atoms with Gasteiger partial charge < -0.3 is 20.7 Å². The summed E-state index contributed by atoms with van der Waals surface area (Å²) >= 11 is 5.83. The van der Waals surface area contributed by atoms with Crippen LogP contribution in [-0.2, 0) is 9.59 Å². The molecule has 1 aromatic carbocycles. The van der Waals surface area contributed by atoms with E-state index in [1.807, 2.05) is 0 Å². The van der Waals surface area contributed by atoms with Gasteiger partial charge in [-0.15, -0.1) is 0 Å². The molecule has 23 heavy (non-hydrogen) atoms. The van der Waals surface area contributed by atoms with Crippen LogP contribution in [0.3, 0.4) is 0 Å². The molecule has 0 aliphatic carbocycles. The number of rotatable bonds is 6. The van der Waals surface area contributed by atoms with Gasteiger partial charge in [0.05, 0.1) is 12.1 Å². The summed E-state index contributed by atoms with van der Waals surface area (Å²) in [6.45, 7) is 1.06. The fourth-order valence-electron chi connectivity index (χ4n) is 2.27. The van der Waals surface area contributed by atoms with Crippen molar-refractivity contribution >= 4 is 29.3 Å². The highest BCUT2D eigenvalue weighted by atomic mass is 35.5. The van der Waals surface area contributed by atoms with E-state index in [1.165, 1.54) is 18.2 Å². The zero-order valence-electron chi connectivity index (χ0n) is 12.5. The largest absolute Gasteiger partial charge is 0.483 e. The van der Waals surface area contributed by atoms with Crippen molar-refractivity contribution in [2.45, 2.75) is 12.8 Å². The summed E-state index contributed by atoms with van der Waals surface area (Å²) in [6, 6.07) is 4.34. The number of hydrogen-bond donors (Lipinski definition) is 2. The van der Waals surface area contributed by atoms with Crippen LogP contribution in [0, 0.1) is 0 Å². The summed E-state index contributed by atoms with van der Waals surface area (Å²) in [7, 11) is 0. The van der Waals surface area contributed by atoms with Crippen LogP contribution in [0.1, 0.15) is 23.2 Å². The third-order valence-electron chi connectivity index (χ3n) is 3.46. The number of benzene rings is 1. The molecular weight excluding hydrogens is 322 g/mol. The first-order valence-corrected chi connectivity index (χ1v) is 7.62. The third-order valence-corrected chi connectivity index (χ3v) is 3.70. The molecule has 1 fully saturated rings. The first kappa shape index (κ1) is 17.1. The number of carbonyl (C=O) groups excluding carboxylic acids is 3. The van der Waals surface area contributed by atoms with Crippen LogP contribution in [0.5, 0.6) is 5.75 Å². The van der Waals surface area contributed by atoms with Crippen molar-refractivity contribution < 1.29 is 19.1 Å². The predicted molar refractivity (Wildman–Crippen MR) is 84.3 cm³/mol. The molecule has 1 aliphatic rings. The minimum Gasteiger partial charge on any atom is -0.483 e. The molecular formula is C15H18ClN3O4. The van der Waals surface area contributed by atoms with Crippen molar-refractivity contribution in [2.75, 3.05) is 26.2 Å². The second-order valence-corrected chi connectivity index (χ2v) is 5.59. The number of nitrogens with zero attached hydrogens (tertiary/aromatic N) is 1. The number of hydrogen-bond acceptors (Lipinski definition) is 4. The molecule has 1 aromatic rings. The Morgan fingerprint density at radius 3 is 2.61 bits per heavy atom. The van der Waals surface area contributed by atoms with Crippen molar-refractivity contribution in [1.29, 1.82) is 0 Å². The highest BCUT2D eigenvalue weighted by Gasteiger charge is 2.18. The van der Waals surface area contributed by atoms with Crippen LogP contribution in [0.2, 0.25) is 5.02 Å². The fraction of sp³-hybridized carbons (Fsp3) is 0.400. The van der Waals surface area contributed by atoms with E-state index >= 15 is 0 Å². The molecule has 124 valence electrons. The molecule has 8 heteroatoms. The number of primary amides is 1. The maximum Gasteiger partial charge on any atom is 0.258 e. The molecule has 0 radical (unpaired) electrons. The second kappa shape index (κ2) is 7.82. The highest BCUT2D eigenvalue weighted by molar-refractivity contribution is 6.30. The lowest BCUT2D eigenvalue weighted by atomic mass is 10.2. The SMILES string of the molecule is NC(=O)c1ccc(Cl)cc1OCC(=O)NCC(=O)N1CCCC1. The van der Waals surface area contributed by atoms with E-state index in [4.69, 9.17) is 22.1 Å². The number of nitrogens with one attached hydrogen (secondary N) is 1. The topological polar surface area (TPSA) is 102 Å². The van der Waals surface area contributed by atoms with Crippen LogP contribution >= 0.6 is 11.6 Å². The van der Waals surface area contributed by atoms with Crippen LogP contribution in [0.25, 0.3) is 0 Å². The first-order valence-electron chi connectivity index (χ1n) is 7.24. The van der Waals surface area contributed by atoms with Gasteiger partial charge in [0.25, 0.3) is 11.8 Å². The highest BCUT2D eigenvalue weighted by Crippen LogP contribution is 2.23. The third kappa shape index (κ3) is 4.85. The molecule has 3 N–H and O–H groups in total. The summed E-state index contributed by atoms with van der Waals surface area (Å²) in [6.07, 6.45) is 1.99. The molecule has 0 aromatic heterocycles. The van der Waals surface area contributed by atoms with Gasteiger partial charge in [-0.2, -0.15) is 0 Å². The molecule has 3 amide bonds. The Kier molecular flexibility index (Phi) is 5.81. The Labute approximate surface area is 138 Å². The first-order chi connectivity index (χ1) is 11.0. The lowest BCUT2D eigenvalue weighted by molar-refractivity contribution is -0.132. The molecule has 7 nitrogen and oxygen atoms in total. The van der Waals surface area contributed by atoms with Gasteiger partial charge in [-0.1, -0.05) is 11.6 Å². The molecule has 1 saturated heterocycles. The number of carbonyl (C=O) groups is 3. The van der Waals surface area contributed by atoms with E-state index < -0.39 is 11.8 Å². The van der Waals surface area contributed by atoms with Crippen LogP contribution in [-0.4, -0.2) is 48.9 Å². The van der Waals surface area contributed by atoms with Gasteiger partial charge in [-0.3, -0.25) is 14.4 Å². The van der Waals surface area contributed by atoms with Crippen LogP contribution in [0.4, 0.5) is 0 Å². The van der Waals surface area contributed by atoms with Crippen molar-refractivity contribution in [3.8, 4) is 5.75 Å². The smallest absolute Gasteiger partial charge is 0.258 e. The molecule has 2 rings (SSSR count). The summed E-state index contributed by atoms with van der Waals surface area (Å²) < 4.78 is 5.28. The van der Waals surface area contributed by atoms with Crippen molar-refractivity contribution in [3.63, 3.8) is 0 Å². The summed E-state index contributed by atoms with van der Waals surface area (Å²) in [4.78, 5) is 36.5. The Bertz CT molecular complexity index is 615. The average molecular weight is 340 g/mol. The summed E-state index contributed by atoms with van der Waals surface area (Å²) in [5, 5.41) is 2.84. The summed E-state index contributed by atoms with van der Waals surface area (Å²) in [5.74, 6) is -1.13. The lowest BCUT2D eigenvalue weighted by Crippen LogP contribution is -2.40. The number of ether oxygens (including phenoxy) is 1. The molecule has 0 bridgehead atoms. The molecule has 0 atom stereocenters. The van der Waals surface area contributed by atoms with Gasteiger partial charge >= 0.3 is 0 Å². The average Bonchev–Trinajstić information content (AvgIpc) is 3.04. The summed E-state index contributed by atoms with van der Waals surface area (Å²) in [5.41, 5.74) is 5.36. The Morgan fingerprint density at radius 1 is 1.26 bits per heavy atom. The van der Waals surface area contributed by atoms with E-state index in [0.29, 0.717) is 5.02 Å². The monoisotopic (exact) mass is 339 g/mol. The van der Waals surface area contributed by atoms with E-state index in [2.05, 4.69) is 5.32 Å². The fourth-order valence-corrected chi connectivity index (χ4v) is 2.43. The van der Waals surface area contributed by atoms with Crippen molar-refractivity contribution in [2.24, 2.45) is 5.73 Å². The van der Waals surface area contributed by atoms with Crippen molar-refractivity contribution in [1.82, 2.24) is 10.2 Å². The maximum absolute atomic E-state index is 11.8. The standard InChI is InChI=1S/C15H18ClN3O4/c16-10-3-4-11(15(17)22)12(7-10)23-9-13(20)18-8-14(21)19-5-1-2-6-19/h3-4,7H,1-2,5-6,8-9H2,(H2,17,22)(H,18,20). The second-order valence-electron chi connectivity index (χ2n) is 5.16. The van der Waals surface area contributed by atoms with Gasteiger partial charge in [0.2, 0.25) is 5.91 Å². The number of likely N-dealkylation sites (tertiary alicyclic amines) is 1. The molecule has 1 aliphatic heterocycles. The quantitative estimate of drug-likeness (QED) is 0.790. The zero-order valence-corrected chi connectivity index (χ0v) is 13.3. The van der Waals surface area contributed by atoms with Crippen molar-refractivity contribution in [3.05, 3.63) is 28.8 Å². The van der Waals surface area contributed by atoms with Gasteiger partial charge in [0, 0.05) is 18.1 Å². The van der Waals surface area contributed by atoms with Gasteiger partial charge in [0.15, 0.2) is 6.61 Å². The Hall–Kier alpha value is -2.28. The minimum atomic E-state index is -0.679. The Balaban J connectivity index is 1.83. The van der Waals surface area contributed by atoms with Gasteiger partial charge in [-0.05, 0) is 31.0 Å². The number of halogens is 1. The van der Waals surface area contributed by atoms with Gasteiger partial charge in [0.1, 0.15) is 5.75 Å². The predicted octanol–water partition coefficient (Wildman–Crippen LogP) is 0.556. The normalized spacial score (nSPS) is 13.7. The minimum absolute atomic E-state index is 0.0690.